The minimum atomic E-state index is -0.633. The van der Waals surface area contributed by atoms with Crippen LogP contribution in [0.4, 0.5) is 4.39 Å². The van der Waals surface area contributed by atoms with Crippen LogP contribution >= 0.6 is 11.6 Å². The molecule has 1 fully saturated rings. The molecule has 2 atom stereocenters. The SMILES string of the molecule is COc1cc(C2CC(c3nc4nc(C)c(C)nc4n(-c4ccc(Cl)cc4F)c3=O)CCO2)ccn1. The molecule has 8 nitrogen and oxygen atoms in total. The molecular formula is C25H23ClFN5O3. The smallest absolute Gasteiger partial charge is 0.278 e. The van der Waals surface area contributed by atoms with Crippen molar-refractivity contribution in [2.75, 3.05) is 13.7 Å². The lowest BCUT2D eigenvalue weighted by atomic mass is 9.89. The van der Waals surface area contributed by atoms with Crippen LogP contribution in [0.15, 0.2) is 41.3 Å². The molecule has 10 heteroatoms. The van der Waals surface area contributed by atoms with Crippen LogP contribution in [0.3, 0.4) is 0 Å². The standard InChI is InChI=1S/C25H23ClFN5O3/c1-13-14(2)30-24-23(29-13)31-22(25(33)32(24)19-5-4-17(26)12-18(19)27)16-7-9-35-20(10-16)15-6-8-28-21(11-15)34-3/h4-6,8,11-12,16,20H,7,9-10H2,1-3H3. The number of pyridine rings is 1. The summed E-state index contributed by atoms with van der Waals surface area (Å²) >= 11 is 5.96. The lowest BCUT2D eigenvalue weighted by Gasteiger charge is -2.29. The van der Waals surface area contributed by atoms with Gasteiger partial charge >= 0.3 is 0 Å². The maximum Gasteiger partial charge on any atom is 0.278 e. The maximum absolute atomic E-state index is 15.0. The molecule has 1 saturated heterocycles. The second kappa shape index (κ2) is 9.31. The molecule has 3 aromatic heterocycles. The summed E-state index contributed by atoms with van der Waals surface area (Å²) in [5.41, 5.74) is 2.62. The quantitative estimate of drug-likeness (QED) is 0.407. The van der Waals surface area contributed by atoms with Gasteiger partial charge in [0.05, 0.1) is 30.3 Å². The third-order valence-corrected chi connectivity index (χ3v) is 6.53. The number of methoxy groups -OCH3 is 1. The Morgan fingerprint density at radius 3 is 2.71 bits per heavy atom. The zero-order valence-electron chi connectivity index (χ0n) is 19.5. The molecule has 0 bridgehead atoms. The first kappa shape index (κ1) is 23.3. The highest BCUT2D eigenvalue weighted by atomic mass is 35.5. The lowest BCUT2D eigenvalue weighted by molar-refractivity contribution is 0.00426. The Kier molecular flexibility index (Phi) is 6.21. The van der Waals surface area contributed by atoms with Gasteiger partial charge in [-0.1, -0.05) is 11.6 Å². The highest BCUT2D eigenvalue weighted by Gasteiger charge is 2.30. The summed E-state index contributed by atoms with van der Waals surface area (Å²) < 4.78 is 27.5. The van der Waals surface area contributed by atoms with Crippen LogP contribution in [0.1, 0.15) is 47.5 Å². The fraction of sp³-hybridized carbons (Fsp3) is 0.320. The molecule has 0 spiro atoms. The van der Waals surface area contributed by atoms with Crippen molar-refractivity contribution in [1.82, 2.24) is 24.5 Å². The number of aryl methyl sites for hydroxylation is 2. The van der Waals surface area contributed by atoms with Crippen LogP contribution in [0.5, 0.6) is 5.88 Å². The number of halogens is 2. The number of aromatic nitrogens is 5. The van der Waals surface area contributed by atoms with Crippen LogP contribution in [0.2, 0.25) is 5.02 Å². The number of fused-ring (bicyclic) bond motifs is 1. The molecule has 0 radical (unpaired) electrons. The van der Waals surface area contributed by atoms with Crippen molar-refractivity contribution in [3.8, 4) is 11.6 Å². The van der Waals surface area contributed by atoms with Crippen molar-refractivity contribution in [3.63, 3.8) is 0 Å². The van der Waals surface area contributed by atoms with Gasteiger partial charge in [0.15, 0.2) is 11.3 Å². The molecule has 35 heavy (non-hydrogen) atoms. The predicted molar refractivity (Wildman–Crippen MR) is 129 cm³/mol. The zero-order valence-corrected chi connectivity index (χ0v) is 20.2. The van der Waals surface area contributed by atoms with E-state index in [9.17, 15) is 4.79 Å². The van der Waals surface area contributed by atoms with Crippen LogP contribution in [-0.2, 0) is 4.74 Å². The Morgan fingerprint density at radius 2 is 1.94 bits per heavy atom. The number of nitrogens with zero attached hydrogens (tertiary/aromatic N) is 5. The molecule has 2 unspecified atom stereocenters. The van der Waals surface area contributed by atoms with Crippen LogP contribution < -0.4 is 10.3 Å². The summed E-state index contributed by atoms with van der Waals surface area (Å²) in [6, 6.07) is 7.86. The van der Waals surface area contributed by atoms with Gasteiger partial charge in [0.1, 0.15) is 11.5 Å². The highest BCUT2D eigenvalue weighted by molar-refractivity contribution is 6.30. The van der Waals surface area contributed by atoms with E-state index in [1.54, 1.807) is 20.2 Å². The monoisotopic (exact) mass is 495 g/mol. The number of hydrogen-bond acceptors (Lipinski definition) is 7. The summed E-state index contributed by atoms with van der Waals surface area (Å²) in [7, 11) is 1.55. The Morgan fingerprint density at radius 1 is 1.14 bits per heavy atom. The van der Waals surface area contributed by atoms with Gasteiger partial charge < -0.3 is 9.47 Å². The van der Waals surface area contributed by atoms with E-state index in [1.165, 1.54) is 22.8 Å². The van der Waals surface area contributed by atoms with Gasteiger partial charge in [0, 0.05) is 29.8 Å². The van der Waals surface area contributed by atoms with Gasteiger partial charge in [-0.05, 0) is 56.5 Å². The lowest BCUT2D eigenvalue weighted by Crippen LogP contribution is -2.31. The molecule has 0 saturated carbocycles. The summed E-state index contributed by atoms with van der Waals surface area (Å²) in [6.07, 6.45) is 2.50. The van der Waals surface area contributed by atoms with Gasteiger partial charge in [-0.3, -0.25) is 9.36 Å². The second-order valence-corrected chi connectivity index (χ2v) is 8.92. The molecule has 4 heterocycles. The Bertz CT molecular complexity index is 1490. The third kappa shape index (κ3) is 4.37. The molecule has 1 aliphatic rings. The van der Waals surface area contributed by atoms with Crippen molar-refractivity contribution in [1.29, 1.82) is 0 Å². The molecule has 0 aliphatic carbocycles. The molecule has 1 aromatic carbocycles. The Balaban J connectivity index is 1.66. The van der Waals surface area contributed by atoms with E-state index in [4.69, 9.17) is 21.1 Å². The molecule has 180 valence electrons. The van der Waals surface area contributed by atoms with Crippen LogP contribution in [-0.4, -0.2) is 38.2 Å². The predicted octanol–water partition coefficient (Wildman–Crippen LogP) is 4.62. The Labute approximate surface area is 205 Å². The average Bonchev–Trinajstić information content (AvgIpc) is 2.86. The molecular weight excluding hydrogens is 473 g/mol. The first-order chi connectivity index (χ1) is 16.9. The fourth-order valence-electron chi connectivity index (χ4n) is 4.34. The molecule has 1 aliphatic heterocycles. The number of ether oxygens (including phenoxy) is 2. The highest BCUT2D eigenvalue weighted by Crippen LogP contribution is 2.37. The maximum atomic E-state index is 15.0. The fourth-order valence-corrected chi connectivity index (χ4v) is 4.50. The van der Waals surface area contributed by atoms with Gasteiger partial charge in [0.2, 0.25) is 5.88 Å². The van der Waals surface area contributed by atoms with E-state index < -0.39 is 11.4 Å². The minimum absolute atomic E-state index is 0.0492. The Hall–Kier alpha value is -3.43. The van der Waals surface area contributed by atoms with Crippen molar-refractivity contribution >= 4 is 22.9 Å². The minimum Gasteiger partial charge on any atom is -0.481 e. The van der Waals surface area contributed by atoms with E-state index in [1.807, 2.05) is 19.1 Å². The molecule has 0 amide bonds. The second-order valence-electron chi connectivity index (χ2n) is 8.49. The van der Waals surface area contributed by atoms with E-state index in [0.717, 1.165) is 5.56 Å². The largest absolute Gasteiger partial charge is 0.481 e. The number of benzene rings is 1. The summed E-state index contributed by atoms with van der Waals surface area (Å²) in [5.74, 6) is -0.375. The topological polar surface area (TPSA) is 92.0 Å². The van der Waals surface area contributed by atoms with E-state index >= 15 is 4.39 Å². The first-order valence-electron chi connectivity index (χ1n) is 11.2. The van der Waals surface area contributed by atoms with E-state index in [-0.39, 0.29) is 34.0 Å². The van der Waals surface area contributed by atoms with E-state index in [0.29, 0.717) is 42.4 Å². The van der Waals surface area contributed by atoms with E-state index in [2.05, 4.69) is 19.9 Å². The van der Waals surface area contributed by atoms with Gasteiger partial charge in [-0.2, -0.15) is 0 Å². The van der Waals surface area contributed by atoms with Gasteiger partial charge in [0.25, 0.3) is 5.56 Å². The van der Waals surface area contributed by atoms with Crippen molar-refractivity contribution in [3.05, 3.63) is 80.4 Å². The normalized spacial score (nSPS) is 18.1. The summed E-state index contributed by atoms with van der Waals surface area (Å²) in [6.45, 7) is 4.05. The first-order valence-corrected chi connectivity index (χ1v) is 11.6. The zero-order chi connectivity index (χ0) is 24.7. The molecule has 0 N–H and O–H groups in total. The van der Waals surface area contributed by atoms with Crippen molar-refractivity contribution in [2.24, 2.45) is 0 Å². The van der Waals surface area contributed by atoms with Gasteiger partial charge in [-0.15, -0.1) is 0 Å². The molecule has 4 aromatic rings. The van der Waals surface area contributed by atoms with Crippen molar-refractivity contribution < 1.29 is 13.9 Å². The number of hydrogen-bond donors (Lipinski definition) is 0. The number of rotatable bonds is 4. The van der Waals surface area contributed by atoms with Gasteiger partial charge in [-0.25, -0.2) is 24.3 Å². The average molecular weight is 496 g/mol. The summed E-state index contributed by atoms with van der Waals surface area (Å²) in [5, 5.41) is 0.232. The van der Waals surface area contributed by atoms with Crippen LogP contribution in [0, 0.1) is 19.7 Å². The molecule has 5 rings (SSSR count). The van der Waals surface area contributed by atoms with Crippen molar-refractivity contribution in [2.45, 2.75) is 38.7 Å². The van der Waals surface area contributed by atoms with Crippen LogP contribution in [0.25, 0.3) is 17.0 Å². The summed E-state index contributed by atoms with van der Waals surface area (Å²) in [4.78, 5) is 31.7. The third-order valence-electron chi connectivity index (χ3n) is 6.29.